The average Bonchev–Trinajstić information content (AvgIpc) is 2.78. The summed E-state index contributed by atoms with van der Waals surface area (Å²) in [5.41, 5.74) is -0.762. The molecule has 13 heteroatoms. The van der Waals surface area contributed by atoms with Crippen LogP contribution in [0.1, 0.15) is 25.3 Å². The Balaban J connectivity index is 1.66. The lowest BCUT2D eigenvalue weighted by molar-refractivity contribution is -0.352. The van der Waals surface area contributed by atoms with Crippen LogP contribution < -0.4 is 14.2 Å². The Bertz CT molecular complexity index is 1040. The molecule has 1 heterocycles. The maximum absolute atomic E-state index is 14.4. The molecule has 0 N–H and O–H groups in total. The Labute approximate surface area is 200 Å². The van der Waals surface area contributed by atoms with E-state index in [2.05, 4.69) is 9.47 Å². The van der Waals surface area contributed by atoms with Gasteiger partial charge < -0.3 is 23.7 Å². The van der Waals surface area contributed by atoms with Crippen LogP contribution in [-0.2, 0) is 16.1 Å². The number of halogens is 8. The first-order chi connectivity index (χ1) is 17.0. The van der Waals surface area contributed by atoms with Gasteiger partial charge in [0, 0.05) is 30.2 Å². The molecule has 1 aliphatic heterocycles. The van der Waals surface area contributed by atoms with Crippen LogP contribution in [0.5, 0.6) is 17.2 Å². The van der Waals surface area contributed by atoms with Gasteiger partial charge in [0.25, 0.3) is 6.29 Å². The number of ether oxygens (including phenoxy) is 5. The molecule has 0 saturated carbocycles. The van der Waals surface area contributed by atoms with Crippen LogP contribution in [0.4, 0.5) is 35.1 Å². The summed E-state index contributed by atoms with van der Waals surface area (Å²) < 4.78 is 133. The summed E-state index contributed by atoms with van der Waals surface area (Å²) in [5, 5.41) is 0. The number of alkyl halides is 2. The van der Waals surface area contributed by atoms with E-state index < -0.39 is 71.2 Å². The van der Waals surface area contributed by atoms with Crippen LogP contribution in [0.15, 0.2) is 36.6 Å². The highest BCUT2D eigenvalue weighted by molar-refractivity contribution is 5.36. The Morgan fingerprint density at radius 2 is 1.50 bits per heavy atom. The standard InChI is InChI=1S/C23H20F8O5/c1-2-3-12-8-34-22(35-9-12)23(30,31)36-14-6-16(24)15(17(25)7-14)10-32-13-4-18(26)21(19(27)5-13)33-11-20(28)29/h4-7,11-12,22H,2-3,8-10H2,1H3. The molecule has 3 rings (SSSR count). The van der Waals surface area contributed by atoms with Crippen molar-refractivity contribution >= 4 is 0 Å². The van der Waals surface area contributed by atoms with Crippen molar-refractivity contribution in [3.8, 4) is 17.2 Å². The molecule has 0 amide bonds. The highest BCUT2D eigenvalue weighted by Gasteiger charge is 2.47. The highest BCUT2D eigenvalue weighted by atomic mass is 19.3. The fourth-order valence-corrected chi connectivity index (χ4v) is 3.29. The molecule has 0 aliphatic carbocycles. The van der Waals surface area contributed by atoms with Crippen molar-refractivity contribution in [2.24, 2.45) is 5.92 Å². The lowest BCUT2D eigenvalue weighted by atomic mass is 10.1. The number of rotatable bonds is 10. The van der Waals surface area contributed by atoms with Crippen molar-refractivity contribution in [2.75, 3.05) is 13.2 Å². The van der Waals surface area contributed by atoms with Gasteiger partial charge in [-0.05, 0) is 6.42 Å². The fraction of sp³-hybridized carbons (Fsp3) is 0.391. The molecule has 198 valence electrons. The zero-order chi connectivity index (χ0) is 26.5. The lowest BCUT2D eigenvalue weighted by Gasteiger charge is -2.33. The quantitative estimate of drug-likeness (QED) is 0.254. The van der Waals surface area contributed by atoms with Gasteiger partial charge in [-0.15, -0.1) is 0 Å². The topological polar surface area (TPSA) is 46.2 Å². The minimum Gasteiger partial charge on any atom is -0.488 e. The van der Waals surface area contributed by atoms with Crippen molar-refractivity contribution in [3.05, 3.63) is 65.4 Å². The molecule has 0 atom stereocenters. The summed E-state index contributed by atoms with van der Waals surface area (Å²) in [6.07, 6.45) is -7.14. The molecule has 5 nitrogen and oxygen atoms in total. The van der Waals surface area contributed by atoms with E-state index in [4.69, 9.17) is 14.2 Å². The van der Waals surface area contributed by atoms with E-state index in [0.717, 1.165) is 6.42 Å². The zero-order valence-corrected chi connectivity index (χ0v) is 18.6. The van der Waals surface area contributed by atoms with Gasteiger partial charge in [-0.3, -0.25) is 0 Å². The highest BCUT2D eigenvalue weighted by Crippen LogP contribution is 2.33. The largest absolute Gasteiger partial charge is 0.488 e. The van der Waals surface area contributed by atoms with E-state index in [0.29, 0.717) is 30.7 Å². The number of hydrogen-bond donors (Lipinski definition) is 0. The number of benzene rings is 2. The Morgan fingerprint density at radius 3 is 2.03 bits per heavy atom. The van der Waals surface area contributed by atoms with Crippen molar-refractivity contribution in [2.45, 2.75) is 38.8 Å². The van der Waals surface area contributed by atoms with Gasteiger partial charge >= 0.3 is 12.2 Å². The lowest BCUT2D eigenvalue weighted by Crippen LogP contribution is -2.47. The Hall–Kier alpha value is -3.06. The van der Waals surface area contributed by atoms with Crippen molar-refractivity contribution < 1.29 is 58.8 Å². The van der Waals surface area contributed by atoms with Crippen LogP contribution in [0, 0.1) is 29.2 Å². The Morgan fingerprint density at radius 1 is 0.944 bits per heavy atom. The molecule has 2 aromatic carbocycles. The van der Waals surface area contributed by atoms with Gasteiger partial charge in [0.15, 0.2) is 23.6 Å². The molecule has 2 aromatic rings. The minimum absolute atomic E-state index is 0.00812. The predicted molar refractivity (Wildman–Crippen MR) is 108 cm³/mol. The average molecular weight is 528 g/mol. The van der Waals surface area contributed by atoms with Gasteiger partial charge in [-0.1, -0.05) is 13.3 Å². The minimum atomic E-state index is -4.06. The third-order valence-electron chi connectivity index (χ3n) is 4.93. The van der Waals surface area contributed by atoms with E-state index in [1.165, 1.54) is 0 Å². The SMILES string of the molecule is CCCC1COC(C(F)(F)Oc2cc(F)c(COc3cc(F)c(OC=C(F)F)c(F)c3)c(F)c2)OC1. The first-order valence-electron chi connectivity index (χ1n) is 10.6. The van der Waals surface area contributed by atoms with Gasteiger partial charge in [0.1, 0.15) is 29.7 Å². The zero-order valence-electron chi connectivity index (χ0n) is 18.6. The smallest absolute Gasteiger partial charge is 0.451 e. The normalized spacial score (nSPS) is 18.0. The van der Waals surface area contributed by atoms with Gasteiger partial charge in [0.05, 0.1) is 18.8 Å². The van der Waals surface area contributed by atoms with Gasteiger partial charge in [-0.25, -0.2) is 17.6 Å². The second kappa shape index (κ2) is 11.8. The molecule has 0 spiro atoms. The Kier molecular flexibility index (Phi) is 9.01. The molecule has 1 fully saturated rings. The van der Waals surface area contributed by atoms with Crippen LogP contribution >= 0.6 is 0 Å². The van der Waals surface area contributed by atoms with E-state index in [9.17, 15) is 35.1 Å². The van der Waals surface area contributed by atoms with E-state index in [1.54, 1.807) is 0 Å². The summed E-state index contributed by atoms with van der Waals surface area (Å²) in [6, 6.07) is 2.00. The molecule has 36 heavy (non-hydrogen) atoms. The van der Waals surface area contributed by atoms with E-state index >= 15 is 0 Å². The van der Waals surface area contributed by atoms with Crippen LogP contribution in [0.2, 0.25) is 0 Å². The first-order valence-corrected chi connectivity index (χ1v) is 10.6. The molecule has 0 radical (unpaired) electrons. The summed E-state index contributed by atoms with van der Waals surface area (Å²) in [6.45, 7) is 1.03. The number of hydrogen-bond acceptors (Lipinski definition) is 5. The van der Waals surface area contributed by atoms with Crippen LogP contribution in [0.3, 0.4) is 0 Å². The molecule has 1 saturated heterocycles. The molecular weight excluding hydrogens is 508 g/mol. The summed E-state index contributed by atoms with van der Waals surface area (Å²) >= 11 is 0. The molecule has 0 aromatic heterocycles. The maximum Gasteiger partial charge on any atom is 0.451 e. The summed E-state index contributed by atoms with van der Waals surface area (Å²) in [4.78, 5) is 0. The van der Waals surface area contributed by atoms with Crippen LogP contribution in [-0.4, -0.2) is 25.6 Å². The predicted octanol–water partition coefficient (Wildman–Crippen LogP) is 6.70. The van der Waals surface area contributed by atoms with Crippen molar-refractivity contribution in [1.82, 2.24) is 0 Å². The fourth-order valence-electron chi connectivity index (χ4n) is 3.29. The maximum atomic E-state index is 14.4. The van der Waals surface area contributed by atoms with Crippen LogP contribution in [0.25, 0.3) is 0 Å². The first kappa shape index (κ1) is 27.5. The van der Waals surface area contributed by atoms with Crippen molar-refractivity contribution in [1.29, 1.82) is 0 Å². The second-order valence-electron chi connectivity index (χ2n) is 7.71. The van der Waals surface area contributed by atoms with E-state index in [1.807, 2.05) is 6.92 Å². The van der Waals surface area contributed by atoms with Gasteiger partial charge in [-0.2, -0.15) is 17.6 Å². The third kappa shape index (κ3) is 7.00. The summed E-state index contributed by atoms with van der Waals surface area (Å²) in [5.74, 6) is -8.18. The third-order valence-corrected chi connectivity index (χ3v) is 4.93. The van der Waals surface area contributed by atoms with Gasteiger partial charge in [0.2, 0.25) is 0 Å². The molecule has 0 unspecified atom stereocenters. The molecule has 0 bridgehead atoms. The van der Waals surface area contributed by atoms with Crippen molar-refractivity contribution in [3.63, 3.8) is 0 Å². The monoisotopic (exact) mass is 528 g/mol. The summed E-state index contributed by atoms with van der Waals surface area (Å²) in [7, 11) is 0. The van der Waals surface area contributed by atoms with E-state index in [-0.39, 0.29) is 25.4 Å². The molecular formula is C23H20F8O5. The second-order valence-corrected chi connectivity index (χ2v) is 7.71. The molecule has 1 aliphatic rings.